The lowest BCUT2D eigenvalue weighted by Gasteiger charge is -2.66. The van der Waals surface area contributed by atoms with Gasteiger partial charge in [-0.25, -0.2) is 4.79 Å². The van der Waals surface area contributed by atoms with E-state index in [0.717, 1.165) is 30.4 Å². The summed E-state index contributed by atoms with van der Waals surface area (Å²) in [5.41, 5.74) is -1.03. The van der Waals surface area contributed by atoms with Gasteiger partial charge in [0.1, 0.15) is 12.7 Å². The molecule has 6 aliphatic rings. The van der Waals surface area contributed by atoms with Crippen molar-refractivity contribution in [2.75, 3.05) is 6.61 Å². The van der Waals surface area contributed by atoms with Gasteiger partial charge >= 0.3 is 5.97 Å². The predicted octanol–water partition coefficient (Wildman–Crippen LogP) is 3.25. The molecule has 0 unspecified atom stereocenters. The molecule has 4 aliphatic carbocycles. The van der Waals surface area contributed by atoms with Crippen LogP contribution < -0.4 is 0 Å². The molecule has 0 radical (unpaired) electrons. The molecule has 1 saturated heterocycles. The fourth-order valence-electron chi connectivity index (χ4n) is 10.6. The zero-order valence-electron chi connectivity index (χ0n) is 26.4. The minimum atomic E-state index is -1.09. The third-order valence-electron chi connectivity index (χ3n) is 13.0. The zero-order chi connectivity index (χ0) is 31.6. The van der Waals surface area contributed by atoms with Crippen LogP contribution in [-0.2, 0) is 25.5 Å². The SMILES string of the molecule is C[C@@H]1O[C@@H](O[C@@H]2CC[C@]3(C=NCc4cccnc4)[C@H]4CC[C@]5(C)[C@@H](C6=CC(=O)OC6)CC[C@@]5(O)[C@@H]4CC[C@]3(O)C2)C[C@@H](O)[C@@H]1O. The molecule has 5 fully saturated rings. The number of hydrogen-bond acceptors (Lipinski definition) is 10. The Morgan fingerprint density at radius 3 is 2.67 bits per heavy atom. The van der Waals surface area contributed by atoms with Crippen molar-refractivity contribution in [3.05, 3.63) is 41.7 Å². The number of carbonyl (C=O) groups excluding carboxylic acids is 1. The first-order valence-corrected chi connectivity index (χ1v) is 16.9. The molecule has 4 saturated carbocycles. The van der Waals surface area contributed by atoms with Crippen LogP contribution in [0.4, 0.5) is 0 Å². The van der Waals surface area contributed by atoms with Crippen LogP contribution in [0.3, 0.4) is 0 Å². The molecule has 3 heterocycles. The lowest BCUT2D eigenvalue weighted by molar-refractivity contribution is -0.282. The quantitative estimate of drug-likeness (QED) is 0.212. The lowest BCUT2D eigenvalue weighted by atomic mass is 9.41. The second-order valence-corrected chi connectivity index (χ2v) is 15.0. The molecule has 10 nitrogen and oxygen atoms in total. The van der Waals surface area contributed by atoms with Gasteiger partial charge in [0.05, 0.1) is 36.1 Å². The summed E-state index contributed by atoms with van der Waals surface area (Å²) in [6, 6.07) is 3.90. The van der Waals surface area contributed by atoms with Crippen molar-refractivity contribution in [1.29, 1.82) is 0 Å². The summed E-state index contributed by atoms with van der Waals surface area (Å²) < 4.78 is 17.5. The Morgan fingerprint density at radius 1 is 1.11 bits per heavy atom. The highest BCUT2D eigenvalue weighted by Gasteiger charge is 2.71. The van der Waals surface area contributed by atoms with E-state index in [1.165, 1.54) is 0 Å². The van der Waals surface area contributed by atoms with Crippen molar-refractivity contribution >= 4 is 12.2 Å². The number of ether oxygens (including phenoxy) is 3. The topological polar surface area (TPSA) is 151 Å². The maximum Gasteiger partial charge on any atom is 0.331 e. The van der Waals surface area contributed by atoms with Crippen molar-refractivity contribution in [1.82, 2.24) is 4.98 Å². The summed E-state index contributed by atoms with van der Waals surface area (Å²) in [7, 11) is 0. The first-order chi connectivity index (χ1) is 21.5. The van der Waals surface area contributed by atoms with Crippen LogP contribution in [0.5, 0.6) is 0 Å². The van der Waals surface area contributed by atoms with Crippen molar-refractivity contribution in [2.24, 2.45) is 33.6 Å². The molecule has 45 heavy (non-hydrogen) atoms. The molecule has 0 bridgehead atoms. The Bertz CT molecular complexity index is 1330. The summed E-state index contributed by atoms with van der Waals surface area (Å²) in [6.45, 7) is 4.71. The van der Waals surface area contributed by atoms with Gasteiger partial charge in [0.15, 0.2) is 6.29 Å². The maximum absolute atomic E-state index is 12.7. The van der Waals surface area contributed by atoms with Gasteiger partial charge in [0.25, 0.3) is 0 Å². The first-order valence-electron chi connectivity index (χ1n) is 16.9. The molecule has 10 heteroatoms. The van der Waals surface area contributed by atoms with Crippen molar-refractivity contribution < 1.29 is 39.4 Å². The summed E-state index contributed by atoms with van der Waals surface area (Å²) >= 11 is 0. The molecule has 1 aromatic heterocycles. The molecule has 0 aromatic carbocycles. The smallest absolute Gasteiger partial charge is 0.331 e. The van der Waals surface area contributed by atoms with E-state index in [0.29, 0.717) is 51.7 Å². The van der Waals surface area contributed by atoms with Crippen molar-refractivity contribution in [3.8, 4) is 0 Å². The number of aliphatic imine (C=N–C) groups is 1. The van der Waals surface area contributed by atoms with Crippen LogP contribution >= 0.6 is 0 Å². The van der Waals surface area contributed by atoms with E-state index >= 15 is 0 Å². The summed E-state index contributed by atoms with van der Waals surface area (Å²) in [5, 5.41) is 45.9. The number of hydrogen-bond donors (Lipinski definition) is 4. The highest BCUT2D eigenvalue weighted by atomic mass is 16.7. The van der Waals surface area contributed by atoms with E-state index in [1.807, 2.05) is 24.5 Å². The average Bonchev–Trinajstić information content (AvgIpc) is 3.56. The number of carbonyl (C=O) groups is 1. The van der Waals surface area contributed by atoms with Crippen molar-refractivity contribution in [3.63, 3.8) is 0 Å². The maximum atomic E-state index is 12.7. The molecule has 0 amide bonds. The molecule has 246 valence electrons. The third kappa shape index (κ3) is 5.02. The van der Waals surface area contributed by atoms with Gasteiger partial charge in [0, 0.05) is 48.4 Å². The number of fused-ring (bicyclic) bond motifs is 5. The summed E-state index contributed by atoms with van der Waals surface area (Å²) in [4.78, 5) is 21.2. The fraction of sp³-hybridized carbons (Fsp3) is 0.743. The lowest BCUT2D eigenvalue weighted by Crippen LogP contribution is -2.69. The Labute approximate surface area is 264 Å². The Morgan fingerprint density at radius 2 is 1.93 bits per heavy atom. The van der Waals surface area contributed by atoms with Crippen LogP contribution in [0.2, 0.25) is 0 Å². The van der Waals surface area contributed by atoms with Gasteiger partial charge in [-0.1, -0.05) is 13.0 Å². The Balaban J connectivity index is 1.17. The number of rotatable bonds is 6. The van der Waals surface area contributed by atoms with Gasteiger partial charge in [0.2, 0.25) is 0 Å². The number of aliphatic hydroxyl groups excluding tert-OH is 2. The van der Waals surface area contributed by atoms with Gasteiger partial charge in [-0.15, -0.1) is 0 Å². The Kier molecular flexibility index (Phi) is 8.02. The monoisotopic (exact) mass is 624 g/mol. The summed E-state index contributed by atoms with van der Waals surface area (Å²) in [5.74, 6) is -0.171. The van der Waals surface area contributed by atoms with Crippen LogP contribution in [0.1, 0.15) is 83.6 Å². The number of aromatic nitrogens is 1. The highest BCUT2D eigenvalue weighted by molar-refractivity contribution is 5.85. The Hall–Kier alpha value is -2.21. The van der Waals surface area contributed by atoms with Crippen LogP contribution in [0, 0.1) is 28.6 Å². The first kappa shape index (κ1) is 31.4. The highest BCUT2D eigenvalue weighted by Crippen LogP contribution is 2.70. The molecule has 1 aromatic rings. The van der Waals surface area contributed by atoms with Gasteiger partial charge in [-0.3, -0.25) is 9.98 Å². The minimum Gasteiger partial charge on any atom is -0.458 e. The molecule has 12 atom stereocenters. The molecular weight excluding hydrogens is 576 g/mol. The molecule has 4 N–H and O–H groups in total. The van der Waals surface area contributed by atoms with Crippen molar-refractivity contribution in [2.45, 2.75) is 127 Å². The van der Waals surface area contributed by atoms with Gasteiger partial charge in [-0.05, 0) is 93.2 Å². The fourth-order valence-corrected chi connectivity index (χ4v) is 10.6. The largest absolute Gasteiger partial charge is 0.458 e. The molecular formula is C35H48N2O8. The van der Waals surface area contributed by atoms with E-state index < -0.39 is 41.2 Å². The standard InChI is InChI=1S/C35H48N2O8/c1-21-31(40)28(38)15-30(44-21)45-24-5-10-33(20-37-18-22-4-3-13-36-17-22)26-6-9-32(2)25(23-14-29(39)43-19-23)8-12-35(32,42)27(26)7-11-34(33,41)16-24/h3-4,13-14,17,20-21,24-28,30-31,38,40-42H,5-12,15-16,18-19H2,1-2H3/t21-,24+,25+,26-,27+,28+,30-,31+,32+,33-,34-,35+/m0/s1. The third-order valence-corrected chi connectivity index (χ3v) is 13.0. The number of aliphatic hydroxyl groups is 4. The average molecular weight is 625 g/mol. The van der Waals surface area contributed by atoms with Crippen LogP contribution in [-0.4, -0.2) is 86.1 Å². The second kappa shape index (κ2) is 11.5. The minimum absolute atomic E-state index is 0.0124. The molecule has 2 aliphatic heterocycles. The number of pyridine rings is 1. The number of esters is 1. The van der Waals surface area contributed by atoms with Crippen LogP contribution in [0.15, 0.2) is 41.2 Å². The van der Waals surface area contributed by atoms with E-state index in [4.69, 9.17) is 19.2 Å². The van der Waals surface area contributed by atoms with Gasteiger partial charge < -0.3 is 34.6 Å². The number of cyclic esters (lactones) is 1. The van der Waals surface area contributed by atoms with Gasteiger partial charge in [-0.2, -0.15) is 0 Å². The predicted molar refractivity (Wildman–Crippen MR) is 164 cm³/mol. The second-order valence-electron chi connectivity index (χ2n) is 15.0. The number of nitrogens with zero attached hydrogens (tertiary/aromatic N) is 2. The van der Waals surface area contributed by atoms with E-state index in [-0.39, 0.29) is 41.7 Å². The normalized spacial score (nSPS) is 48.0. The van der Waals surface area contributed by atoms with E-state index in [1.54, 1.807) is 19.2 Å². The van der Waals surface area contributed by atoms with E-state index in [9.17, 15) is 25.2 Å². The van der Waals surface area contributed by atoms with Crippen LogP contribution in [0.25, 0.3) is 0 Å². The summed E-state index contributed by atoms with van der Waals surface area (Å²) in [6.07, 6.45) is 10.2. The van der Waals surface area contributed by atoms with E-state index in [2.05, 4.69) is 11.9 Å². The zero-order valence-corrected chi connectivity index (χ0v) is 26.4. The molecule has 7 rings (SSSR count). The molecule has 0 spiro atoms.